The van der Waals surface area contributed by atoms with Gasteiger partial charge in [-0.2, -0.15) is 0 Å². The van der Waals surface area contributed by atoms with Crippen molar-refractivity contribution < 1.29 is 9.59 Å². The lowest BCUT2D eigenvalue weighted by molar-refractivity contribution is -0.139. The minimum atomic E-state index is -0.648. The SMILES string of the molecule is CNC(=O)[C@@H](Cc1ccccc1)N(Cc1ccccc1Cl)C(=O)CSc1ccc(C)cc1. The Labute approximate surface area is 199 Å². The molecule has 0 heterocycles. The van der Waals surface area contributed by atoms with E-state index in [-0.39, 0.29) is 24.1 Å². The molecule has 3 aromatic carbocycles. The van der Waals surface area contributed by atoms with E-state index in [0.717, 1.165) is 16.0 Å². The van der Waals surface area contributed by atoms with Gasteiger partial charge in [0.25, 0.3) is 0 Å². The molecule has 0 unspecified atom stereocenters. The van der Waals surface area contributed by atoms with Crippen LogP contribution in [0.2, 0.25) is 5.02 Å². The molecule has 6 heteroatoms. The molecule has 0 radical (unpaired) electrons. The summed E-state index contributed by atoms with van der Waals surface area (Å²) in [5.74, 6) is -0.0786. The first kappa shape index (κ1) is 23.9. The number of amides is 2. The van der Waals surface area contributed by atoms with Gasteiger partial charge in [0.15, 0.2) is 0 Å². The largest absolute Gasteiger partial charge is 0.357 e. The highest BCUT2D eigenvalue weighted by molar-refractivity contribution is 8.00. The first-order chi connectivity index (χ1) is 15.5. The number of rotatable bonds is 9. The Morgan fingerprint density at radius 1 is 0.969 bits per heavy atom. The van der Waals surface area contributed by atoms with E-state index in [9.17, 15) is 9.59 Å². The summed E-state index contributed by atoms with van der Waals surface area (Å²) in [6, 6.07) is 24.6. The maximum atomic E-state index is 13.4. The van der Waals surface area contributed by atoms with Crippen LogP contribution in [0.3, 0.4) is 0 Å². The van der Waals surface area contributed by atoms with Crippen LogP contribution in [0, 0.1) is 6.92 Å². The average Bonchev–Trinajstić information content (AvgIpc) is 2.82. The van der Waals surface area contributed by atoms with Crippen LogP contribution in [-0.2, 0) is 22.6 Å². The molecule has 1 atom stereocenters. The molecule has 0 aromatic heterocycles. The van der Waals surface area contributed by atoms with E-state index in [1.807, 2.05) is 79.7 Å². The van der Waals surface area contributed by atoms with Crippen molar-refractivity contribution in [3.05, 3.63) is 101 Å². The molecule has 0 spiro atoms. The molecule has 3 aromatic rings. The van der Waals surface area contributed by atoms with Crippen LogP contribution >= 0.6 is 23.4 Å². The van der Waals surface area contributed by atoms with E-state index in [4.69, 9.17) is 11.6 Å². The summed E-state index contributed by atoms with van der Waals surface area (Å²) in [5.41, 5.74) is 2.97. The molecule has 0 aliphatic rings. The first-order valence-electron chi connectivity index (χ1n) is 10.5. The molecule has 0 saturated heterocycles. The predicted octanol–water partition coefficient (Wildman–Crippen LogP) is 5.13. The maximum Gasteiger partial charge on any atom is 0.242 e. The Bertz CT molecular complexity index is 1040. The molecular weight excluding hydrogens is 440 g/mol. The molecule has 0 bridgehead atoms. The fourth-order valence-corrected chi connectivity index (χ4v) is 4.37. The molecule has 0 aliphatic heterocycles. The summed E-state index contributed by atoms with van der Waals surface area (Å²) in [5, 5.41) is 3.30. The van der Waals surface area contributed by atoms with Crippen molar-refractivity contribution >= 4 is 35.2 Å². The normalized spacial score (nSPS) is 11.6. The highest BCUT2D eigenvalue weighted by Gasteiger charge is 2.30. The van der Waals surface area contributed by atoms with Crippen molar-refractivity contribution in [3.8, 4) is 0 Å². The van der Waals surface area contributed by atoms with E-state index in [1.54, 1.807) is 18.0 Å². The van der Waals surface area contributed by atoms with Gasteiger partial charge in [-0.3, -0.25) is 9.59 Å². The number of carbonyl (C=O) groups is 2. The molecule has 32 heavy (non-hydrogen) atoms. The van der Waals surface area contributed by atoms with Crippen molar-refractivity contribution in [2.24, 2.45) is 0 Å². The number of nitrogens with one attached hydrogen (secondary N) is 1. The van der Waals surface area contributed by atoms with Crippen LogP contribution in [0.1, 0.15) is 16.7 Å². The third-order valence-electron chi connectivity index (χ3n) is 5.20. The second-order valence-electron chi connectivity index (χ2n) is 7.53. The third-order valence-corrected chi connectivity index (χ3v) is 6.56. The van der Waals surface area contributed by atoms with Crippen LogP contribution in [0.25, 0.3) is 0 Å². The number of halogens is 1. The second-order valence-corrected chi connectivity index (χ2v) is 8.99. The Morgan fingerprint density at radius 3 is 2.28 bits per heavy atom. The number of likely N-dealkylation sites (N-methyl/N-ethyl adjacent to an activating group) is 1. The maximum absolute atomic E-state index is 13.4. The Hall–Kier alpha value is -2.76. The molecule has 0 fully saturated rings. The lowest BCUT2D eigenvalue weighted by Crippen LogP contribution is -2.50. The van der Waals surface area contributed by atoms with E-state index in [0.29, 0.717) is 11.4 Å². The van der Waals surface area contributed by atoms with Gasteiger partial charge in [0.2, 0.25) is 11.8 Å². The standard InChI is InChI=1S/C26H27ClN2O2S/c1-19-12-14-22(15-13-19)32-18-25(30)29(17-21-10-6-7-11-23(21)27)24(26(31)28-2)16-20-8-4-3-5-9-20/h3-15,24H,16-18H2,1-2H3,(H,28,31)/t24-/m1/s1. The van der Waals surface area contributed by atoms with Gasteiger partial charge in [-0.15, -0.1) is 11.8 Å². The fourth-order valence-electron chi connectivity index (χ4n) is 3.39. The molecule has 3 rings (SSSR count). The van der Waals surface area contributed by atoms with Gasteiger partial charge in [0.1, 0.15) is 6.04 Å². The number of hydrogen-bond acceptors (Lipinski definition) is 3. The average molecular weight is 467 g/mol. The van der Waals surface area contributed by atoms with Crippen LogP contribution in [0.5, 0.6) is 0 Å². The van der Waals surface area contributed by atoms with E-state index >= 15 is 0 Å². The third kappa shape index (κ3) is 6.62. The molecule has 4 nitrogen and oxygen atoms in total. The zero-order chi connectivity index (χ0) is 22.9. The van der Waals surface area contributed by atoms with E-state index in [1.165, 1.54) is 17.3 Å². The van der Waals surface area contributed by atoms with Crippen LogP contribution in [0.15, 0.2) is 83.8 Å². The Kier molecular flexibility index (Phi) is 8.77. The Morgan fingerprint density at radius 2 is 1.62 bits per heavy atom. The zero-order valence-electron chi connectivity index (χ0n) is 18.3. The minimum absolute atomic E-state index is 0.111. The highest BCUT2D eigenvalue weighted by atomic mass is 35.5. The molecule has 0 saturated carbocycles. The van der Waals surface area contributed by atoms with Gasteiger partial charge in [-0.25, -0.2) is 0 Å². The summed E-state index contributed by atoms with van der Waals surface area (Å²) in [4.78, 5) is 29.0. The first-order valence-corrected chi connectivity index (χ1v) is 11.8. The van der Waals surface area contributed by atoms with Crippen molar-refractivity contribution in [1.29, 1.82) is 0 Å². The minimum Gasteiger partial charge on any atom is -0.357 e. The van der Waals surface area contributed by atoms with Crippen molar-refractivity contribution in [3.63, 3.8) is 0 Å². The van der Waals surface area contributed by atoms with Gasteiger partial charge in [0.05, 0.1) is 5.75 Å². The fraction of sp³-hybridized carbons (Fsp3) is 0.231. The van der Waals surface area contributed by atoms with Crippen molar-refractivity contribution in [2.75, 3.05) is 12.8 Å². The summed E-state index contributed by atoms with van der Waals surface area (Å²) >= 11 is 7.86. The second kappa shape index (κ2) is 11.7. The van der Waals surface area contributed by atoms with Gasteiger partial charge in [0, 0.05) is 29.9 Å². The highest BCUT2D eigenvalue weighted by Crippen LogP contribution is 2.23. The number of thioether (sulfide) groups is 1. The van der Waals surface area contributed by atoms with Crippen LogP contribution < -0.4 is 5.32 Å². The summed E-state index contributed by atoms with van der Waals surface area (Å²) in [6.45, 7) is 2.29. The zero-order valence-corrected chi connectivity index (χ0v) is 19.8. The number of nitrogens with zero attached hydrogens (tertiary/aromatic N) is 1. The quantitative estimate of drug-likeness (QED) is 0.445. The summed E-state index contributed by atoms with van der Waals surface area (Å²) < 4.78 is 0. The lowest BCUT2D eigenvalue weighted by atomic mass is 10.0. The topological polar surface area (TPSA) is 49.4 Å². The smallest absolute Gasteiger partial charge is 0.242 e. The van der Waals surface area contributed by atoms with Crippen molar-refractivity contribution in [1.82, 2.24) is 10.2 Å². The molecule has 0 aliphatic carbocycles. The van der Waals surface area contributed by atoms with Crippen molar-refractivity contribution in [2.45, 2.75) is 30.8 Å². The van der Waals surface area contributed by atoms with E-state index in [2.05, 4.69) is 5.32 Å². The summed E-state index contributed by atoms with van der Waals surface area (Å²) in [7, 11) is 1.60. The number of aryl methyl sites for hydroxylation is 1. The van der Waals surface area contributed by atoms with Crippen LogP contribution in [0.4, 0.5) is 0 Å². The Balaban J connectivity index is 1.87. The molecule has 1 N–H and O–H groups in total. The summed E-state index contributed by atoms with van der Waals surface area (Å²) in [6.07, 6.45) is 0.423. The van der Waals surface area contributed by atoms with Crippen LogP contribution in [-0.4, -0.2) is 35.6 Å². The number of hydrogen-bond donors (Lipinski definition) is 1. The molecule has 2 amide bonds. The predicted molar refractivity (Wildman–Crippen MR) is 132 cm³/mol. The van der Waals surface area contributed by atoms with E-state index < -0.39 is 6.04 Å². The monoisotopic (exact) mass is 466 g/mol. The molecular formula is C26H27ClN2O2S. The molecule has 166 valence electrons. The van der Waals surface area contributed by atoms with Gasteiger partial charge in [-0.1, -0.05) is 77.8 Å². The number of carbonyl (C=O) groups excluding carboxylic acids is 2. The lowest BCUT2D eigenvalue weighted by Gasteiger charge is -2.31. The number of benzene rings is 3. The van der Waals surface area contributed by atoms with Gasteiger partial charge < -0.3 is 10.2 Å². The van der Waals surface area contributed by atoms with Gasteiger partial charge in [-0.05, 0) is 36.2 Å². The van der Waals surface area contributed by atoms with Gasteiger partial charge >= 0.3 is 0 Å².